The number of amidine groups is 1. The number of nitrogens with zero attached hydrogens (tertiary/aromatic N) is 1. The molecule has 2 aromatic rings. The van der Waals surface area contributed by atoms with Gasteiger partial charge in [0.25, 0.3) is 0 Å². The molecule has 0 bridgehead atoms. The molecule has 0 spiro atoms. The van der Waals surface area contributed by atoms with Crippen molar-refractivity contribution in [2.24, 2.45) is 10.9 Å². The summed E-state index contributed by atoms with van der Waals surface area (Å²) in [6, 6.07) is 8.49. The largest absolute Gasteiger partial charge is 0.456 e. The predicted octanol–water partition coefficient (Wildman–Crippen LogP) is 4.02. The molecule has 0 fully saturated rings. The van der Waals surface area contributed by atoms with Crippen molar-refractivity contribution >= 4 is 29.0 Å². The van der Waals surface area contributed by atoms with Gasteiger partial charge < -0.3 is 15.7 Å². The van der Waals surface area contributed by atoms with Gasteiger partial charge in [0.1, 0.15) is 17.3 Å². The number of benzene rings is 2. The molecule has 0 aliphatic rings. The molecule has 0 amide bonds. The van der Waals surface area contributed by atoms with Crippen LogP contribution in [0.15, 0.2) is 41.6 Å². The first-order valence-electron chi connectivity index (χ1n) is 5.41. The molecule has 2 rings (SSSR count). The number of nitrogens with two attached hydrogens (primary N) is 1. The summed E-state index contributed by atoms with van der Waals surface area (Å²) in [6.45, 7) is 0. The van der Waals surface area contributed by atoms with Gasteiger partial charge >= 0.3 is 0 Å². The molecule has 0 aromatic heterocycles. The molecule has 0 saturated heterocycles. The second kappa shape index (κ2) is 5.98. The summed E-state index contributed by atoms with van der Waals surface area (Å²) in [4.78, 5) is 0. The lowest BCUT2D eigenvalue weighted by atomic mass is 10.2. The lowest BCUT2D eigenvalue weighted by Gasteiger charge is -2.11. The number of hydrogen-bond acceptors (Lipinski definition) is 3. The fraction of sp³-hybridized carbons (Fsp3) is 0. The van der Waals surface area contributed by atoms with Crippen molar-refractivity contribution in [2.75, 3.05) is 0 Å². The van der Waals surface area contributed by atoms with Crippen LogP contribution in [-0.2, 0) is 0 Å². The maximum absolute atomic E-state index is 13.1. The Hall–Kier alpha value is -1.98. The van der Waals surface area contributed by atoms with E-state index in [4.69, 9.17) is 38.9 Å². The van der Waals surface area contributed by atoms with Gasteiger partial charge in [-0.1, -0.05) is 28.4 Å². The molecule has 3 N–H and O–H groups in total. The minimum Gasteiger partial charge on any atom is -0.456 e. The Morgan fingerprint density at radius 2 is 1.95 bits per heavy atom. The molecule has 2 aromatic carbocycles. The average Bonchev–Trinajstić information content (AvgIpc) is 2.42. The fourth-order valence-electron chi connectivity index (χ4n) is 1.51. The van der Waals surface area contributed by atoms with Crippen molar-refractivity contribution in [3.63, 3.8) is 0 Å². The van der Waals surface area contributed by atoms with E-state index in [0.29, 0.717) is 16.3 Å². The molecule has 0 saturated carbocycles. The highest BCUT2D eigenvalue weighted by molar-refractivity contribution is 6.31. The fourth-order valence-corrected chi connectivity index (χ4v) is 1.85. The Morgan fingerprint density at radius 1 is 1.20 bits per heavy atom. The van der Waals surface area contributed by atoms with E-state index in [1.807, 2.05) is 0 Å². The zero-order valence-electron chi connectivity index (χ0n) is 9.98. The van der Waals surface area contributed by atoms with E-state index in [1.54, 1.807) is 6.07 Å². The maximum atomic E-state index is 13.1. The zero-order valence-corrected chi connectivity index (χ0v) is 11.5. The second-order valence-electron chi connectivity index (χ2n) is 3.80. The first kappa shape index (κ1) is 14.4. The predicted molar refractivity (Wildman–Crippen MR) is 75.4 cm³/mol. The molecule has 0 radical (unpaired) electrons. The summed E-state index contributed by atoms with van der Waals surface area (Å²) in [5.41, 5.74) is 5.89. The molecule has 0 heterocycles. The van der Waals surface area contributed by atoms with Gasteiger partial charge in [0.2, 0.25) is 0 Å². The van der Waals surface area contributed by atoms with Crippen LogP contribution in [0.1, 0.15) is 5.56 Å². The van der Waals surface area contributed by atoms with Crippen LogP contribution < -0.4 is 10.5 Å². The second-order valence-corrected chi connectivity index (χ2v) is 4.65. The lowest BCUT2D eigenvalue weighted by molar-refractivity contribution is 0.318. The van der Waals surface area contributed by atoms with Crippen molar-refractivity contribution in [2.45, 2.75) is 0 Å². The van der Waals surface area contributed by atoms with Crippen LogP contribution in [0.3, 0.4) is 0 Å². The molecule has 0 aliphatic carbocycles. The van der Waals surface area contributed by atoms with Crippen molar-refractivity contribution in [3.05, 3.63) is 57.8 Å². The highest BCUT2D eigenvalue weighted by atomic mass is 35.5. The topological polar surface area (TPSA) is 67.8 Å². The number of hydrogen-bond donors (Lipinski definition) is 2. The number of halogens is 3. The summed E-state index contributed by atoms with van der Waals surface area (Å²) >= 11 is 11.5. The lowest BCUT2D eigenvalue weighted by Crippen LogP contribution is -2.14. The zero-order chi connectivity index (χ0) is 14.7. The first-order valence-corrected chi connectivity index (χ1v) is 6.17. The van der Waals surface area contributed by atoms with E-state index < -0.39 is 5.82 Å². The van der Waals surface area contributed by atoms with Crippen LogP contribution in [-0.4, -0.2) is 11.0 Å². The summed E-state index contributed by atoms with van der Waals surface area (Å²) in [7, 11) is 0. The molecular formula is C13H9Cl2FN2O2. The molecule has 20 heavy (non-hydrogen) atoms. The number of rotatable bonds is 3. The Bertz CT molecular complexity index is 677. The van der Waals surface area contributed by atoms with Crippen molar-refractivity contribution < 1.29 is 14.3 Å². The van der Waals surface area contributed by atoms with E-state index in [9.17, 15) is 4.39 Å². The Labute approximate surface area is 124 Å². The third kappa shape index (κ3) is 3.12. The van der Waals surface area contributed by atoms with Gasteiger partial charge in [0.05, 0.1) is 10.6 Å². The van der Waals surface area contributed by atoms with Crippen molar-refractivity contribution in [1.29, 1.82) is 0 Å². The smallest absolute Gasteiger partial charge is 0.173 e. The van der Waals surface area contributed by atoms with Gasteiger partial charge in [-0.15, -0.1) is 0 Å². The van der Waals surface area contributed by atoms with Gasteiger partial charge in [0.15, 0.2) is 5.84 Å². The molecule has 7 heteroatoms. The van der Waals surface area contributed by atoms with Gasteiger partial charge in [-0.3, -0.25) is 0 Å². The molecule has 4 nitrogen and oxygen atoms in total. The van der Waals surface area contributed by atoms with Gasteiger partial charge in [0, 0.05) is 17.2 Å². The molecule has 0 atom stereocenters. The van der Waals surface area contributed by atoms with E-state index in [2.05, 4.69) is 5.16 Å². The number of oxime groups is 1. The number of ether oxygens (including phenoxy) is 1. The van der Waals surface area contributed by atoms with Crippen molar-refractivity contribution in [1.82, 2.24) is 0 Å². The minimum atomic E-state index is -0.554. The van der Waals surface area contributed by atoms with Crippen LogP contribution in [0.25, 0.3) is 0 Å². The Morgan fingerprint density at radius 3 is 2.60 bits per heavy atom. The molecule has 0 unspecified atom stereocenters. The Balaban J connectivity index is 2.41. The van der Waals surface area contributed by atoms with Crippen LogP contribution >= 0.6 is 23.2 Å². The van der Waals surface area contributed by atoms with Gasteiger partial charge in [-0.2, -0.15) is 0 Å². The summed E-state index contributed by atoms with van der Waals surface area (Å²) in [6.07, 6.45) is 0. The first-order chi connectivity index (χ1) is 9.51. The molecule has 104 valence electrons. The third-order valence-electron chi connectivity index (χ3n) is 2.45. The highest BCUT2D eigenvalue weighted by Crippen LogP contribution is 2.30. The summed E-state index contributed by atoms with van der Waals surface area (Å²) in [5.74, 6) is -0.132. The van der Waals surface area contributed by atoms with Crippen LogP contribution in [0, 0.1) is 5.82 Å². The van der Waals surface area contributed by atoms with Gasteiger partial charge in [-0.05, 0) is 24.3 Å². The third-order valence-corrected chi connectivity index (χ3v) is 2.97. The SMILES string of the molecule is NC(=NO)c1ccc(Cl)cc1Oc1ccc(F)c(Cl)c1. The maximum Gasteiger partial charge on any atom is 0.173 e. The van der Waals surface area contributed by atoms with Crippen LogP contribution in [0.5, 0.6) is 11.5 Å². The van der Waals surface area contributed by atoms with E-state index in [0.717, 1.165) is 0 Å². The normalized spacial score (nSPS) is 11.4. The summed E-state index contributed by atoms with van der Waals surface area (Å²) < 4.78 is 18.6. The van der Waals surface area contributed by atoms with Crippen LogP contribution in [0.2, 0.25) is 10.0 Å². The van der Waals surface area contributed by atoms with E-state index in [-0.39, 0.29) is 16.6 Å². The van der Waals surface area contributed by atoms with Crippen molar-refractivity contribution in [3.8, 4) is 11.5 Å². The summed E-state index contributed by atoms with van der Waals surface area (Å²) in [5, 5.41) is 12.0. The molecular weight excluding hydrogens is 306 g/mol. The quantitative estimate of drug-likeness (QED) is 0.389. The highest BCUT2D eigenvalue weighted by Gasteiger charge is 2.11. The average molecular weight is 315 g/mol. The van der Waals surface area contributed by atoms with E-state index >= 15 is 0 Å². The standard InChI is InChI=1S/C13H9Cl2FN2O2/c14-7-1-3-9(13(17)18-19)12(5-7)20-8-2-4-11(16)10(15)6-8/h1-6,19H,(H2,17,18). The van der Waals surface area contributed by atoms with Gasteiger partial charge in [-0.25, -0.2) is 4.39 Å². The Kier molecular flexibility index (Phi) is 4.32. The molecule has 0 aliphatic heterocycles. The minimum absolute atomic E-state index is 0.0742. The van der Waals surface area contributed by atoms with Crippen LogP contribution in [0.4, 0.5) is 4.39 Å². The van der Waals surface area contributed by atoms with E-state index in [1.165, 1.54) is 30.3 Å². The monoisotopic (exact) mass is 314 g/mol.